The van der Waals surface area contributed by atoms with Gasteiger partial charge in [0.2, 0.25) is 11.8 Å². The molecule has 3 amide bonds. The second-order valence-electron chi connectivity index (χ2n) is 12.0. The number of rotatable bonds is 9. The highest BCUT2D eigenvalue weighted by Gasteiger charge is 2.53. The number of carbonyl (C=O) groups is 3. The van der Waals surface area contributed by atoms with Crippen molar-refractivity contribution in [1.82, 2.24) is 4.90 Å². The molecule has 2 aromatic carbocycles. The second kappa shape index (κ2) is 13.3. The normalized spacial score (nSPS) is 23.2. The number of fused-ring (bicyclic) bond motifs is 1. The van der Waals surface area contributed by atoms with Gasteiger partial charge >= 0.3 is 0 Å². The number of amides is 3. The number of non-ortho nitro benzene ring substituents is 1. The molecule has 2 aromatic rings. The monoisotopic (exact) mass is 604 g/mol. The summed E-state index contributed by atoms with van der Waals surface area (Å²) in [5, 5.41) is 33.1. The minimum atomic E-state index is -2.08. The van der Waals surface area contributed by atoms with Gasteiger partial charge in [0.25, 0.3) is 11.6 Å². The Morgan fingerprint density at radius 2 is 1.84 bits per heavy atom. The quantitative estimate of drug-likeness (QED) is 0.248. The fraction of sp³-hybridized carbons (Fsp3) is 0.485. The van der Waals surface area contributed by atoms with Crippen molar-refractivity contribution < 1.29 is 29.5 Å². The Bertz CT molecular complexity index is 1440. The fourth-order valence-corrected chi connectivity index (χ4v) is 6.59. The third kappa shape index (κ3) is 6.11. The summed E-state index contributed by atoms with van der Waals surface area (Å²) >= 11 is 0. The minimum Gasteiger partial charge on any atom is -0.394 e. The lowest BCUT2D eigenvalue weighted by atomic mass is 9.82. The largest absolute Gasteiger partial charge is 0.394 e. The van der Waals surface area contributed by atoms with Crippen molar-refractivity contribution in [3.63, 3.8) is 0 Å². The van der Waals surface area contributed by atoms with Crippen LogP contribution < -0.4 is 9.80 Å². The molecular formula is C33H40N4O7. The minimum absolute atomic E-state index is 0.0441. The van der Waals surface area contributed by atoms with E-state index >= 15 is 0 Å². The van der Waals surface area contributed by atoms with Gasteiger partial charge in [0.15, 0.2) is 5.60 Å². The van der Waals surface area contributed by atoms with Gasteiger partial charge in [-0.15, -0.1) is 0 Å². The smallest absolute Gasteiger partial charge is 0.269 e. The Morgan fingerprint density at radius 1 is 1.09 bits per heavy atom. The molecule has 0 radical (unpaired) electrons. The average Bonchev–Trinajstić information content (AvgIpc) is 3.57. The highest BCUT2D eigenvalue weighted by Crippen LogP contribution is 2.47. The van der Waals surface area contributed by atoms with Crippen molar-refractivity contribution in [1.29, 1.82) is 0 Å². The van der Waals surface area contributed by atoms with Gasteiger partial charge in [0.05, 0.1) is 29.8 Å². The molecule has 3 aliphatic rings. The maximum Gasteiger partial charge on any atom is 0.269 e. The van der Waals surface area contributed by atoms with E-state index < -0.39 is 22.3 Å². The number of carbonyl (C=O) groups excluding carboxylic acids is 3. The molecule has 234 valence electrons. The zero-order valence-electron chi connectivity index (χ0n) is 25.1. The van der Waals surface area contributed by atoms with Crippen LogP contribution in [0.25, 0.3) is 0 Å². The number of benzene rings is 2. The van der Waals surface area contributed by atoms with E-state index in [2.05, 4.69) is 0 Å². The van der Waals surface area contributed by atoms with Crippen LogP contribution in [0, 0.1) is 16.0 Å². The van der Waals surface area contributed by atoms with Crippen LogP contribution >= 0.6 is 0 Å². The molecule has 3 atom stereocenters. The molecule has 0 aromatic heterocycles. The predicted octanol–water partition coefficient (Wildman–Crippen LogP) is 4.19. The predicted molar refractivity (Wildman–Crippen MR) is 165 cm³/mol. The third-order valence-electron chi connectivity index (χ3n) is 9.16. The van der Waals surface area contributed by atoms with E-state index in [-0.39, 0.29) is 48.7 Å². The number of anilines is 2. The second-order valence-corrected chi connectivity index (χ2v) is 12.0. The van der Waals surface area contributed by atoms with Crippen molar-refractivity contribution >= 4 is 34.8 Å². The van der Waals surface area contributed by atoms with Gasteiger partial charge in [-0.25, -0.2) is 0 Å². The lowest BCUT2D eigenvalue weighted by Crippen LogP contribution is -2.44. The van der Waals surface area contributed by atoms with Crippen LogP contribution in [0.3, 0.4) is 0 Å². The number of aliphatic hydroxyl groups excluding tert-OH is 1. The molecule has 2 fully saturated rings. The van der Waals surface area contributed by atoms with Crippen LogP contribution in [0.1, 0.15) is 69.4 Å². The summed E-state index contributed by atoms with van der Waals surface area (Å²) in [7, 11) is 0. The summed E-state index contributed by atoms with van der Waals surface area (Å²) in [6.45, 7) is 2.92. The number of nitro groups is 1. The number of aliphatic hydroxyl groups is 2. The maximum atomic E-state index is 13.9. The first-order chi connectivity index (χ1) is 21.1. The zero-order valence-corrected chi connectivity index (χ0v) is 25.1. The highest BCUT2D eigenvalue weighted by atomic mass is 16.6. The lowest BCUT2D eigenvalue weighted by Gasteiger charge is -2.28. The van der Waals surface area contributed by atoms with E-state index in [0.29, 0.717) is 25.2 Å². The zero-order chi connectivity index (χ0) is 31.4. The Balaban J connectivity index is 1.37. The van der Waals surface area contributed by atoms with Gasteiger partial charge < -0.3 is 24.9 Å². The van der Waals surface area contributed by atoms with Crippen molar-refractivity contribution in [2.24, 2.45) is 5.92 Å². The molecule has 3 heterocycles. The van der Waals surface area contributed by atoms with Gasteiger partial charge in [-0.2, -0.15) is 0 Å². The number of nitrogens with zero attached hydrogens (tertiary/aromatic N) is 4. The van der Waals surface area contributed by atoms with Crippen LogP contribution in [-0.4, -0.2) is 63.5 Å². The molecule has 2 saturated heterocycles. The number of nitro benzene ring substituents is 1. The molecule has 0 bridgehead atoms. The van der Waals surface area contributed by atoms with Gasteiger partial charge in [0.1, 0.15) is 0 Å². The van der Waals surface area contributed by atoms with E-state index in [1.54, 1.807) is 24.0 Å². The highest BCUT2D eigenvalue weighted by molar-refractivity contribution is 6.07. The summed E-state index contributed by atoms with van der Waals surface area (Å²) < 4.78 is 0. The van der Waals surface area contributed by atoms with Gasteiger partial charge in [-0.3, -0.25) is 24.5 Å². The van der Waals surface area contributed by atoms with Crippen LogP contribution in [0.2, 0.25) is 0 Å². The molecule has 44 heavy (non-hydrogen) atoms. The molecule has 0 aliphatic carbocycles. The van der Waals surface area contributed by atoms with E-state index in [0.717, 1.165) is 49.8 Å². The topological polar surface area (TPSA) is 145 Å². The summed E-state index contributed by atoms with van der Waals surface area (Å²) in [5.74, 6) is -1.46. The molecular weight excluding hydrogens is 564 g/mol. The standard InChI is InChI=1S/C33H40N4O7/c1-23(8-6-11-31(40)35-19-7-9-27(35)22-38)33(42)28-20-26(37(43)44)16-17-29(28)36(32(33)41)21-24-12-14-25(15-13-24)34-18-5-3-2-4-10-30(34)39/h6,8,12-17,20,23,27,38,42H,2-5,7,9-11,18-19,21-22H2,1H3/b8-6+/t23-,27-,33+/m0/s1. The molecule has 0 spiro atoms. The first-order valence-electron chi connectivity index (χ1n) is 15.4. The fourth-order valence-electron chi connectivity index (χ4n) is 6.59. The van der Waals surface area contributed by atoms with E-state index in [9.17, 15) is 34.7 Å². The molecule has 3 aliphatic heterocycles. The Hall–Kier alpha value is -4.09. The first-order valence-corrected chi connectivity index (χ1v) is 15.4. The lowest BCUT2D eigenvalue weighted by molar-refractivity contribution is -0.385. The maximum absolute atomic E-state index is 13.9. The van der Waals surface area contributed by atoms with Crippen molar-refractivity contribution in [3.8, 4) is 0 Å². The van der Waals surface area contributed by atoms with E-state index in [4.69, 9.17) is 0 Å². The number of likely N-dealkylation sites (tertiary alicyclic amines) is 1. The van der Waals surface area contributed by atoms with Gasteiger partial charge in [-0.1, -0.05) is 44.1 Å². The van der Waals surface area contributed by atoms with Gasteiger partial charge in [0, 0.05) is 55.2 Å². The van der Waals surface area contributed by atoms with Crippen LogP contribution in [0.5, 0.6) is 0 Å². The number of hydrogen-bond donors (Lipinski definition) is 2. The molecule has 0 unspecified atom stereocenters. The Labute approximate surface area is 256 Å². The van der Waals surface area contributed by atoms with Crippen molar-refractivity contribution in [2.45, 2.75) is 76.5 Å². The van der Waals surface area contributed by atoms with Crippen molar-refractivity contribution in [2.75, 3.05) is 29.5 Å². The van der Waals surface area contributed by atoms with Crippen LogP contribution in [0.4, 0.5) is 17.1 Å². The van der Waals surface area contributed by atoms with E-state index in [1.165, 1.54) is 23.1 Å². The van der Waals surface area contributed by atoms with Crippen LogP contribution in [0.15, 0.2) is 54.6 Å². The summed E-state index contributed by atoms with van der Waals surface area (Å²) in [6.07, 6.45) is 9.34. The third-order valence-corrected chi connectivity index (χ3v) is 9.16. The SMILES string of the molecule is C[C@@H](/C=C/CC(=O)N1CCC[C@H]1CO)[C@]1(O)C(=O)N(Cc2ccc(N3CCCCCCC3=O)cc2)c2ccc([N+](=O)[O-])cc21. The summed E-state index contributed by atoms with van der Waals surface area (Å²) in [6, 6.07) is 11.3. The summed E-state index contributed by atoms with van der Waals surface area (Å²) in [5.41, 5.74) is -0.233. The first kappa shape index (κ1) is 31.3. The number of hydrogen-bond acceptors (Lipinski definition) is 7. The Morgan fingerprint density at radius 3 is 2.57 bits per heavy atom. The van der Waals surface area contributed by atoms with Gasteiger partial charge in [-0.05, 0) is 49.4 Å². The summed E-state index contributed by atoms with van der Waals surface area (Å²) in [4.78, 5) is 55.3. The molecule has 11 heteroatoms. The average molecular weight is 605 g/mol. The van der Waals surface area contributed by atoms with Crippen molar-refractivity contribution in [3.05, 3.63) is 75.9 Å². The molecule has 0 saturated carbocycles. The molecule has 5 rings (SSSR count). The van der Waals surface area contributed by atoms with E-state index in [1.807, 2.05) is 29.2 Å². The Kier molecular flexibility index (Phi) is 9.45. The molecule has 2 N–H and O–H groups in total. The van der Waals surface area contributed by atoms with Crippen LogP contribution in [-0.2, 0) is 26.5 Å². The molecule has 11 nitrogen and oxygen atoms in total.